The van der Waals surface area contributed by atoms with Gasteiger partial charge < -0.3 is 14.9 Å². The molecule has 1 fully saturated rings. The number of morpholine rings is 1. The molecule has 0 unspecified atom stereocenters. The Morgan fingerprint density at radius 1 is 1.53 bits per heavy atom. The molecule has 1 saturated heterocycles. The van der Waals surface area contributed by atoms with Crippen molar-refractivity contribution in [3.63, 3.8) is 0 Å². The lowest BCUT2D eigenvalue weighted by Gasteiger charge is -2.26. The van der Waals surface area contributed by atoms with E-state index in [-0.39, 0.29) is 5.82 Å². The highest BCUT2D eigenvalue weighted by atomic mass is 16.6. The van der Waals surface area contributed by atoms with Crippen LogP contribution in [0.1, 0.15) is 5.56 Å². The maximum atomic E-state index is 10.8. The lowest BCUT2D eigenvalue weighted by Crippen LogP contribution is -2.37. The number of aromatic nitrogens is 2. The zero-order chi connectivity index (χ0) is 12.3. The minimum Gasteiger partial charge on any atom is -0.379 e. The Labute approximate surface area is 99.1 Å². The molecule has 0 amide bonds. The highest BCUT2D eigenvalue weighted by Gasteiger charge is 2.20. The molecule has 0 saturated carbocycles. The molecule has 0 aromatic carbocycles. The first-order valence-electron chi connectivity index (χ1n) is 5.64. The van der Waals surface area contributed by atoms with Crippen LogP contribution in [0.2, 0.25) is 0 Å². The minimum atomic E-state index is -0.422. The Morgan fingerprint density at radius 2 is 2.24 bits per heavy atom. The predicted molar refractivity (Wildman–Crippen MR) is 60.8 cm³/mol. The van der Waals surface area contributed by atoms with Crippen molar-refractivity contribution in [3.8, 4) is 0 Å². The molecule has 0 bridgehead atoms. The van der Waals surface area contributed by atoms with Gasteiger partial charge in [-0.2, -0.15) is 4.68 Å². The van der Waals surface area contributed by atoms with E-state index in [0.717, 1.165) is 32.8 Å². The molecular weight excluding hydrogens is 224 g/mol. The van der Waals surface area contributed by atoms with Crippen LogP contribution in [0.3, 0.4) is 0 Å². The second-order valence-corrected chi connectivity index (χ2v) is 4.11. The second-order valence-electron chi connectivity index (χ2n) is 4.11. The number of hydrogen-bond donors (Lipinski definition) is 0. The largest absolute Gasteiger partial charge is 0.393 e. The summed E-state index contributed by atoms with van der Waals surface area (Å²) in [4.78, 5) is 12.6. The van der Waals surface area contributed by atoms with E-state index < -0.39 is 4.92 Å². The van der Waals surface area contributed by atoms with Gasteiger partial charge in [-0.25, -0.2) is 0 Å². The zero-order valence-corrected chi connectivity index (χ0v) is 9.83. The van der Waals surface area contributed by atoms with Crippen molar-refractivity contribution in [1.82, 2.24) is 14.7 Å². The summed E-state index contributed by atoms with van der Waals surface area (Å²) in [5, 5.41) is 14.6. The third kappa shape index (κ3) is 3.01. The van der Waals surface area contributed by atoms with Crippen molar-refractivity contribution >= 4 is 5.82 Å². The average molecular weight is 240 g/mol. The fraction of sp³-hybridized carbons (Fsp3) is 0.700. The molecule has 0 N–H and O–H groups in total. The number of nitro groups is 1. The van der Waals surface area contributed by atoms with E-state index in [1.165, 1.54) is 4.68 Å². The van der Waals surface area contributed by atoms with Crippen molar-refractivity contribution in [2.24, 2.45) is 7.05 Å². The summed E-state index contributed by atoms with van der Waals surface area (Å²) in [6, 6.07) is 0. The van der Waals surface area contributed by atoms with Crippen molar-refractivity contribution in [2.75, 3.05) is 32.8 Å². The maximum absolute atomic E-state index is 10.8. The molecule has 0 aliphatic carbocycles. The third-order valence-corrected chi connectivity index (χ3v) is 2.86. The highest BCUT2D eigenvalue weighted by molar-refractivity contribution is 5.30. The summed E-state index contributed by atoms with van der Waals surface area (Å²) in [5.41, 5.74) is 0.698. The Morgan fingerprint density at radius 3 is 2.88 bits per heavy atom. The predicted octanol–water partition coefficient (Wildman–Crippen LogP) is 0.203. The van der Waals surface area contributed by atoms with Crippen LogP contribution in [0.4, 0.5) is 5.82 Å². The van der Waals surface area contributed by atoms with Gasteiger partial charge in [0.25, 0.3) is 0 Å². The lowest BCUT2D eigenvalue weighted by atomic mass is 10.2. The number of hydrogen-bond acceptors (Lipinski definition) is 5. The van der Waals surface area contributed by atoms with Crippen LogP contribution in [0.5, 0.6) is 0 Å². The van der Waals surface area contributed by atoms with Crippen molar-refractivity contribution < 1.29 is 9.66 Å². The zero-order valence-electron chi connectivity index (χ0n) is 9.83. The Bertz CT molecular complexity index is 398. The quantitative estimate of drug-likeness (QED) is 0.555. The van der Waals surface area contributed by atoms with Crippen LogP contribution in [0.15, 0.2) is 6.20 Å². The summed E-state index contributed by atoms with van der Waals surface area (Å²) in [6.45, 7) is 4.10. The first-order valence-corrected chi connectivity index (χ1v) is 5.64. The number of nitrogens with zero attached hydrogens (tertiary/aromatic N) is 4. The summed E-state index contributed by atoms with van der Waals surface area (Å²) in [5.74, 6) is -0.0271. The van der Waals surface area contributed by atoms with E-state index in [0.29, 0.717) is 12.0 Å². The van der Waals surface area contributed by atoms with Gasteiger partial charge in [0, 0.05) is 19.6 Å². The maximum Gasteiger partial charge on any atom is 0.393 e. The van der Waals surface area contributed by atoms with Crippen molar-refractivity contribution in [1.29, 1.82) is 0 Å². The van der Waals surface area contributed by atoms with Gasteiger partial charge in [0.1, 0.15) is 0 Å². The minimum absolute atomic E-state index is 0.0271. The van der Waals surface area contributed by atoms with Crippen molar-refractivity contribution in [2.45, 2.75) is 6.42 Å². The molecule has 1 aromatic rings. The van der Waals surface area contributed by atoms with Gasteiger partial charge in [0.15, 0.2) is 0 Å². The lowest BCUT2D eigenvalue weighted by molar-refractivity contribution is -0.390. The molecule has 94 valence electrons. The molecule has 1 aromatic heterocycles. The van der Waals surface area contributed by atoms with Crippen LogP contribution in [-0.4, -0.2) is 52.5 Å². The Kier molecular flexibility index (Phi) is 3.70. The number of ether oxygens (including phenoxy) is 1. The second kappa shape index (κ2) is 5.24. The smallest absolute Gasteiger partial charge is 0.379 e. The topological polar surface area (TPSA) is 73.4 Å². The van der Waals surface area contributed by atoms with Crippen LogP contribution >= 0.6 is 0 Å². The highest BCUT2D eigenvalue weighted by Crippen LogP contribution is 2.16. The van der Waals surface area contributed by atoms with Gasteiger partial charge in [-0.1, -0.05) is 0 Å². The molecule has 0 spiro atoms. The standard InChI is InChI=1S/C10H16N4O3/c1-12-8-9(10(11-12)14(15)16)2-3-13-4-6-17-7-5-13/h8H,2-7H2,1H3. The van der Waals surface area contributed by atoms with E-state index in [1.54, 1.807) is 13.2 Å². The van der Waals surface area contributed by atoms with Crippen LogP contribution in [0, 0.1) is 10.1 Å². The molecule has 0 radical (unpaired) electrons. The summed E-state index contributed by atoms with van der Waals surface area (Å²) >= 11 is 0. The Balaban J connectivity index is 1.95. The van der Waals surface area contributed by atoms with Gasteiger partial charge in [-0.15, -0.1) is 0 Å². The van der Waals surface area contributed by atoms with E-state index >= 15 is 0 Å². The fourth-order valence-corrected chi connectivity index (χ4v) is 1.96. The van der Waals surface area contributed by atoms with Gasteiger partial charge in [0.05, 0.1) is 37.1 Å². The molecule has 2 heterocycles. The Hall–Kier alpha value is -1.47. The first kappa shape index (κ1) is 12.0. The van der Waals surface area contributed by atoms with E-state index in [1.807, 2.05) is 0 Å². The summed E-state index contributed by atoms with van der Waals surface area (Å²) < 4.78 is 6.74. The van der Waals surface area contributed by atoms with Crippen LogP contribution < -0.4 is 0 Å². The van der Waals surface area contributed by atoms with Crippen LogP contribution in [0.25, 0.3) is 0 Å². The molecule has 2 rings (SSSR count). The number of aryl methyl sites for hydroxylation is 1. The monoisotopic (exact) mass is 240 g/mol. The first-order chi connectivity index (χ1) is 8.16. The summed E-state index contributed by atoms with van der Waals surface area (Å²) in [6.07, 6.45) is 2.38. The number of rotatable bonds is 4. The molecule has 1 aliphatic heterocycles. The molecule has 17 heavy (non-hydrogen) atoms. The summed E-state index contributed by atoms with van der Waals surface area (Å²) in [7, 11) is 1.70. The van der Waals surface area contributed by atoms with Gasteiger partial charge in [0.2, 0.25) is 0 Å². The molecule has 0 atom stereocenters. The average Bonchev–Trinajstić information content (AvgIpc) is 2.69. The van der Waals surface area contributed by atoms with E-state index in [9.17, 15) is 10.1 Å². The SMILES string of the molecule is Cn1cc(CCN2CCOCC2)c([N+](=O)[O-])n1. The normalized spacial score (nSPS) is 17.2. The third-order valence-electron chi connectivity index (χ3n) is 2.86. The van der Waals surface area contributed by atoms with E-state index in [2.05, 4.69) is 10.00 Å². The van der Waals surface area contributed by atoms with Crippen LogP contribution in [-0.2, 0) is 18.2 Å². The van der Waals surface area contributed by atoms with Crippen molar-refractivity contribution in [3.05, 3.63) is 21.9 Å². The van der Waals surface area contributed by atoms with Gasteiger partial charge in [-0.3, -0.25) is 4.90 Å². The fourth-order valence-electron chi connectivity index (χ4n) is 1.96. The van der Waals surface area contributed by atoms with E-state index in [4.69, 9.17) is 4.74 Å². The van der Waals surface area contributed by atoms with Gasteiger partial charge >= 0.3 is 5.82 Å². The van der Waals surface area contributed by atoms with Gasteiger partial charge in [-0.05, 0) is 11.3 Å². The molecule has 7 heteroatoms. The molecule has 7 nitrogen and oxygen atoms in total. The molecule has 1 aliphatic rings. The molecular formula is C10H16N4O3.